The zero-order valence-electron chi connectivity index (χ0n) is 66.1. The number of nitrogens with two attached hydrogens (primary N) is 1. The molecule has 0 saturated carbocycles. The van der Waals surface area contributed by atoms with Gasteiger partial charge in [-0.25, -0.2) is 26.8 Å². The first-order valence-electron chi connectivity index (χ1n) is 35.8. The summed E-state index contributed by atoms with van der Waals surface area (Å²) in [4.78, 5) is 48.0. The van der Waals surface area contributed by atoms with E-state index in [2.05, 4.69) is 173 Å². The van der Waals surface area contributed by atoms with E-state index in [9.17, 15) is 16.8 Å². The molecule has 112 heavy (non-hydrogen) atoms. The summed E-state index contributed by atoms with van der Waals surface area (Å²) >= 11 is 12.9. The van der Waals surface area contributed by atoms with Crippen LogP contribution in [0.5, 0.6) is 11.5 Å². The van der Waals surface area contributed by atoms with E-state index in [-0.39, 0.29) is 5.28 Å². The van der Waals surface area contributed by atoms with Crippen molar-refractivity contribution in [2.75, 3.05) is 149 Å². The van der Waals surface area contributed by atoms with Gasteiger partial charge in [-0.05, 0) is 278 Å². The number of aryl methyl sites for hydroxylation is 2. The maximum Gasteiger partial charge on any atom is 0.232 e. The standard InChI is InChI=1S/C31H40BrN9O3S.C16H27N3O.C15H14BrClN6O2S.B19.B2/c1-8-20-17-24(27(44-6)18-26(20)41-15-11-21(12-16-41)38(2)3)36-31-35-19-22(32)30(37-31)39(4)25-10-9-23-28(34-14-13-33-23)29(25)40(5)45(7,42)43;1-5-12-10-14(17)16(20-4)11-15(12)19-8-6-13(7-9-19)18(2)3;1-22(14-9(16)8-20-15(17)21-14)11-5-4-10-12(19-7-6-18-10)13(11)23(2)26(3,24)25;1-11-16(10)19(17(12(2)3)13(4)5)18(14(6)7)15(8)9;1-2/h9-10,13-14,17-19,21H,8,11-12,15-16H2,1-7H3,(H,35,36,37);10-11,13H,5-9,17H2,1-4H3;4-8H,1-3H3;;/q;;;2*-1. The molecule has 2 fully saturated rings. The minimum atomic E-state index is -3.61. The van der Waals surface area contributed by atoms with Gasteiger partial charge < -0.3 is 73.1 Å². The van der Waals surface area contributed by atoms with Gasteiger partial charge in [-0.2, -0.15) is 9.97 Å². The zero-order valence-corrected chi connectivity index (χ0v) is 71.6. The molecule has 8 aromatic rings. The SMILES string of the molecule is CCc1cc(N)c(OC)cc1N1CCC(N(C)C)CC1.CCc1cc(Nc2ncc(Br)c(N(C)c3ccc4nccnc4c3N(C)S(C)(=O)=O)n2)c(OC)cc1N1CCC(N(C)C)CC1.CN(c1ccc2nccnc2c1N(C)S(C)(=O)=O)c1nc(Cl)ncc1Br.[B]B([B])B(B([B])[B])B(B([B])[B][B-])B(B([B])[B])B([B])[B].[B][B-]. The lowest BCUT2D eigenvalue weighted by Gasteiger charge is -2.43. The highest BCUT2D eigenvalue weighted by molar-refractivity contribution is 9.11. The number of anilines is 11. The molecule has 0 unspecified atom stereocenters. The molecule has 24 nitrogen and oxygen atoms in total. The van der Waals surface area contributed by atoms with Gasteiger partial charge in [-0.1, -0.05) is 13.8 Å². The quantitative estimate of drug-likeness (QED) is 0.0449. The number of nitrogens with one attached hydrogen (secondary N) is 1. The van der Waals surface area contributed by atoms with E-state index in [1.54, 1.807) is 68.0 Å². The van der Waals surface area contributed by atoms with Crippen LogP contribution in [0.2, 0.25) is 5.28 Å². The van der Waals surface area contributed by atoms with Crippen molar-refractivity contribution in [3.05, 3.63) is 111 Å². The number of sulfonamides is 2. The van der Waals surface area contributed by atoms with E-state index in [4.69, 9.17) is 109 Å². The number of hydrogen-bond donors (Lipinski definition) is 2. The molecule has 2 aliphatic rings. The van der Waals surface area contributed by atoms with E-state index in [0.717, 1.165) is 81.5 Å². The summed E-state index contributed by atoms with van der Waals surface area (Å²) in [6, 6.07) is 16.8. The minimum Gasteiger partial charge on any atom is -0.693 e. The van der Waals surface area contributed by atoms with Crippen molar-refractivity contribution in [2.24, 2.45) is 0 Å². The van der Waals surface area contributed by atoms with Gasteiger partial charge in [0.05, 0.1) is 69.5 Å². The van der Waals surface area contributed by atoms with E-state index >= 15 is 0 Å². The van der Waals surface area contributed by atoms with Crippen LogP contribution in [0.15, 0.2) is 94.7 Å². The highest BCUT2D eigenvalue weighted by Crippen LogP contribution is 2.44. The monoisotopic (exact) mass is 1660 g/mol. The molecule has 10 rings (SSSR count). The van der Waals surface area contributed by atoms with Crippen molar-refractivity contribution < 1.29 is 26.3 Å². The minimum absolute atomic E-state index is 0.0775. The van der Waals surface area contributed by atoms with Gasteiger partial charge in [0.1, 0.15) is 33.9 Å². The first-order valence-corrected chi connectivity index (χ1v) is 41.5. The number of aromatic nitrogens is 8. The van der Waals surface area contributed by atoms with Crippen LogP contribution in [0.1, 0.15) is 50.7 Å². The first-order chi connectivity index (χ1) is 52.8. The number of ether oxygens (including phenoxy) is 2. The number of benzene rings is 4. The van der Waals surface area contributed by atoms with Crippen molar-refractivity contribution in [3.8, 4) is 11.5 Å². The lowest BCUT2D eigenvalue weighted by atomic mass is 8.40. The summed E-state index contributed by atoms with van der Waals surface area (Å²) in [5.41, 5.74) is 16.5. The second-order valence-electron chi connectivity index (χ2n) is 27.4. The Balaban J connectivity index is 0.000000249. The Kier molecular flexibility index (Phi) is 36.8. The number of halogens is 3. The Morgan fingerprint density at radius 3 is 1.34 bits per heavy atom. The van der Waals surface area contributed by atoms with Crippen molar-refractivity contribution in [2.45, 2.75) is 64.5 Å². The van der Waals surface area contributed by atoms with E-state index in [1.165, 1.54) is 77.5 Å². The van der Waals surface area contributed by atoms with Crippen LogP contribution in [0, 0.1) is 0 Å². The Morgan fingerprint density at radius 1 is 0.580 bits per heavy atom. The van der Waals surface area contributed by atoms with Crippen LogP contribution in [0.25, 0.3) is 22.1 Å². The maximum atomic E-state index is 12.7. The second kappa shape index (κ2) is 43.4. The van der Waals surface area contributed by atoms with Crippen LogP contribution in [-0.4, -0.2) is 339 Å². The van der Waals surface area contributed by atoms with Crippen LogP contribution in [0.3, 0.4) is 0 Å². The molecule has 3 N–H and O–H groups in total. The van der Waals surface area contributed by atoms with Crippen LogP contribution < -0.4 is 48.7 Å². The molecule has 0 atom stereocenters. The van der Waals surface area contributed by atoms with Gasteiger partial charge in [-0.3, -0.25) is 35.6 Å². The van der Waals surface area contributed by atoms with Crippen LogP contribution in [0.4, 0.5) is 63.1 Å². The van der Waals surface area contributed by atoms with Gasteiger partial charge >= 0.3 is 0 Å². The van der Waals surface area contributed by atoms with Gasteiger partial charge in [0.2, 0.25) is 31.3 Å². The molecule has 50 heteroatoms. The fraction of sp³-hybridized carbons (Fsp3) is 0.419. The largest absolute Gasteiger partial charge is 0.693 e. The Hall–Kier alpha value is -5.85. The lowest BCUT2D eigenvalue weighted by Crippen LogP contribution is -2.79. The van der Waals surface area contributed by atoms with Gasteiger partial charge in [0, 0.05) is 127 Å². The summed E-state index contributed by atoms with van der Waals surface area (Å²) in [6.45, 7) is 8.52. The Labute approximate surface area is 705 Å². The molecule has 6 heterocycles. The fourth-order valence-electron chi connectivity index (χ4n) is 13.6. The van der Waals surface area contributed by atoms with Gasteiger partial charge in [0.15, 0.2) is 11.6 Å². The predicted molar refractivity (Wildman–Crippen MR) is 497 cm³/mol. The summed E-state index contributed by atoms with van der Waals surface area (Å²) in [7, 11) is 77.8. The molecule has 0 spiro atoms. The van der Waals surface area contributed by atoms with E-state index in [0.29, 0.717) is 89.2 Å². The molecule has 553 valence electrons. The van der Waals surface area contributed by atoms with Crippen molar-refractivity contribution >= 4 is 300 Å². The third-order valence-corrected chi connectivity index (χ3v) is 23.5. The van der Waals surface area contributed by atoms with Crippen LogP contribution in [-0.2, 0) is 32.9 Å². The number of piperidine rings is 2. The van der Waals surface area contributed by atoms with E-state index in [1.807, 2.05) is 19.2 Å². The number of hydrogen-bond acceptors (Lipinski definition) is 22. The smallest absolute Gasteiger partial charge is 0.232 e. The summed E-state index contributed by atoms with van der Waals surface area (Å²) in [6.07, 6.45) is 12.5. The number of rotatable bonds is 26. The molecular weight excluding hydrogens is 1580 g/mol. The number of methoxy groups -OCH3 is 2. The average molecular weight is 1660 g/mol. The fourth-order valence-corrected chi connectivity index (χ4v) is 15.7. The van der Waals surface area contributed by atoms with Gasteiger partial charge in [-0.15, -0.1) is 0 Å². The molecule has 0 amide bonds. The number of nitrogen functional groups attached to an aromatic ring is 1. The summed E-state index contributed by atoms with van der Waals surface area (Å²) < 4.78 is 64.6. The van der Waals surface area contributed by atoms with Crippen LogP contribution >= 0.6 is 43.5 Å². The molecule has 2 aliphatic heterocycles. The Bertz CT molecular complexity index is 4620. The van der Waals surface area contributed by atoms with E-state index < -0.39 is 71.1 Å². The third kappa shape index (κ3) is 24.2. The maximum absolute atomic E-state index is 12.7. The normalized spacial score (nSPS) is 13.0. The summed E-state index contributed by atoms with van der Waals surface area (Å²) in [5, 5.41) is 3.44. The molecule has 4 aromatic heterocycles. The second-order valence-corrected chi connectivity index (χ2v) is 33.5. The van der Waals surface area contributed by atoms with Crippen molar-refractivity contribution in [1.29, 1.82) is 0 Å². The summed E-state index contributed by atoms with van der Waals surface area (Å²) in [5.74, 6) is 2.85. The molecule has 0 bridgehead atoms. The Morgan fingerprint density at radius 2 is 0.964 bits per heavy atom. The molecular formula is C62H81B21Br2ClN18O6S2-2. The van der Waals surface area contributed by atoms with Crippen molar-refractivity contribution in [3.63, 3.8) is 0 Å². The highest BCUT2D eigenvalue weighted by Gasteiger charge is 2.42. The zero-order chi connectivity index (χ0) is 83.5. The average Bonchev–Trinajstić information content (AvgIpc) is 0.766. The lowest BCUT2D eigenvalue weighted by molar-refractivity contribution is 0.249. The molecule has 27 radical (unpaired) electrons. The third-order valence-electron chi connectivity index (χ3n) is 19.8. The predicted octanol–water partition coefficient (Wildman–Crippen LogP) is 2.56. The molecule has 4 aromatic carbocycles. The van der Waals surface area contributed by atoms with Crippen molar-refractivity contribution in [1.82, 2.24) is 49.7 Å². The number of nitrogens with zero attached hydrogens (tertiary/aromatic N) is 16. The van der Waals surface area contributed by atoms with Gasteiger partial charge in [0.25, 0.3) is 0 Å². The first kappa shape index (κ1) is 95.0. The molecule has 2 saturated heterocycles. The molecule has 0 aliphatic carbocycles. The topological polar surface area (TPSA) is 254 Å². The number of fused-ring (bicyclic) bond motifs is 2. The highest BCUT2D eigenvalue weighted by atomic mass is 79.9.